The van der Waals surface area contributed by atoms with Crippen LogP contribution in [0.1, 0.15) is 11.1 Å². The average Bonchev–Trinajstić information content (AvgIpc) is 2.47. The minimum atomic E-state index is -4.30. The SMILES string of the molecule is COc1ccc(CS(=O)c2ccc(CS(=O)(=O)[O-])cc2)cc1.[K+]. The Morgan fingerprint density at radius 3 is 2.00 bits per heavy atom. The van der Waals surface area contributed by atoms with Crippen LogP contribution in [0.2, 0.25) is 0 Å². The molecule has 0 N–H and O–H groups in total. The van der Waals surface area contributed by atoms with Crippen molar-refractivity contribution in [3.05, 3.63) is 59.7 Å². The van der Waals surface area contributed by atoms with Gasteiger partial charge in [-0.3, -0.25) is 4.21 Å². The second-order valence-electron chi connectivity index (χ2n) is 4.68. The summed E-state index contributed by atoms with van der Waals surface area (Å²) in [7, 11) is -3.97. The molecule has 0 spiro atoms. The predicted octanol–water partition coefficient (Wildman–Crippen LogP) is -0.948. The van der Waals surface area contributed by atoms with Crippen molar-refractivity contribution in [2.75, 3.05) is 7.11 Å². The molecule has 0 fully saturated rings. The van der Waals surface area contributed by atoms with Crippen molar-refractivity contribution in [3.63, 3.8) is 0 Å². The summed E-state index contributed by atoms with van der Waals surface area (Å²) in [6, 6.07) is 13.5. The van der Waals surface area contributed by atoms with Gasteiger partial charge in [0.25, 0.3) is 0 Å². The molecule has 0 saturated heterocycles. The summed E-state index contributed by atoms with van der Waals surface area (Å²) in [5, 5.41) is 0. The zero-order chi connectivity index (χ0) is 16.2. The molecule has 0 saturated carbocycles. The van der Waals surface area contributed by atoms with Crippen molar-refractivity contribution in [1.29, 1.82) is 0 Å². The average molecular weight is 379 g/mol. The molecule has 1 unspecified atom stereocenters. The molecule has 2 aromatic carbocycles. The van der Waals surface area contributed by atoms with Gasteiger partial charge in [-0.25, -0.2) is 8.42 Å². The molecule has 5 nitrogen and oxygen atoms in total. The molecule has 0 aliphatic rings. The fourth-order valence-electron chi connectivity index (χ4n) is 1.90. The minimum absolute atomic E-state index is 0. The Hall–Kier alpha value is -0.0636. The Morgan fingerprint density at radius 1 is 1.00 bits per heavy atom. The molecule has 0 heterocycles. The van der Waals surface area contributed by atoms with E-state index in [2.05, 4.69) is 0 Å². The normalized spacial score (nSPS) is 12.3. The van der Waals surface area contributed by atoms with Gasteiger partial charge in [0.2, 0.25) is 0 Å². The van der Waals surface area contributed by atoms with Gasteiger partial charge in [0.05, 0.1) is 39.5 Å². The zero-order valence-corrected chi connectivity index (χ0v) is 17.6. The van der Waals surface area contributed by atoms with E-state index in [1.807, 2.05) is 12.1 Å². The van der Waals surface area contributed by atoms with Gasteiger partial charge in [0.15, 0.2) is 0 Å². The van der Waals surface area contributed by atoms with Crippen molar-refractivity contribution in [1.82, 2.24) is 0 Å². The molecule has 0 radical (unpaired) electrons. The Bertz CT molecular complexity index is 755. The molecule has 2 rings (SSSR count). The number of ether oxygens (including phenoxy) is 1. The summed E-state index contributed by atoms with van der Waals surface area (Å²) in [6.07, 6.45) is 0. The third kappa shape index (κ3) is 7.14. The molecule has 0 aromatic heterocycles. The summed E-state index contributed by atoms with van der Waals surface area (Å²) in [5.41, 5.74) is 1.30. The van der Waals surface area contributed by atoms with Crippen LogP contribution in [0.5, 0.6) is 5.75 Å². The van der Waals surface area contributed by atoms with E-state index in [0.29, 0.717) is 16.2 Å². The van der Waals surface area contributed by atoms with E-state index < -0.39 is 26.7 Å². The first-order valence-corrected chi connectivity index (χ1v) is 9.31. The summed E-state index contributed by atoms with van der Waals surface area (Å²) < 4.78 is 49.4. The third-order valence-electron chi connectivity index (χ3n) is 2.99. The first-order valence-electron chi connectivity index (χ1n) is 6.41. The molecule has 0 aliphatic carbocycles. The van der Waals surface area contributed by atoms with Gasteiger partial charge >= 0.3 is 51.4 Å². The van der Waals surface area contributed by atoms with Crippen LogP contribution >= 0.6 is 0 Å². The van der Waals surface area contributed by atoms with Crippen LogP contribution in [0.4, 0.5) is 0 Å². The molecule has 0 aliphatic heterocycles. The van der Waals surface area contributed by atoms with Gasteiger partial charge < -0.3 is 9.29 Å². The van der Waals surface area contributed by atoms with Crippen LogP contribution in [-0.4, -0.2) is 24.3 Å². The van der Waals surface area contributed by atoms with E-state index in [1.165, 1.54) is 12.1 Å². The number of benzene rings is 2. The summed E-state index contributed by atoms with van der Waals surface area (Å²) >= 11 is 0. The van der Waals surface area contributed by atoms with Crippen molar-refractivity contribution in [2.24, 2.45) is 0 Å². The van der Waals surface area contributed by atoms with E-state index in [9.17, 15) is 17.2 Å². The van der Waals surface area contributed by atoms with Gasteiger partial charge in [-0.05, 0) is 35.4 Å². The Morgan fingerprint density at radius 2 is 1.52 bits per heavy atom. The van der Waals surface area contributed by atoms with Gasteiger partial charge in [0, 0.05) is 4.90 Å². The largest absolute Gasteiger partial charge is 1.00 e. The molecule has 8 heteroatoms. The maximum absolute atomic E-state index is 12.3. The molecule has 1 atom stereocenters. The molecule has 23 heavy (non-hydrogen) atoms. The molecular formula is C15H15KO5S2. The van der Waals surface area contributed by atoms with E-state index in [-0.39, 0.29) is 51.4 Å². The number of rotatable bonds is 6. The molecule has 0 bridgehead atoms. The number of methoxy groups -OCH3 is 1. The van der Waals surface area contributed by atoms with Crippen LogP contribution in [0.3, 0.4) is 0 Å². The van der Waals surface area contributed by atoms with Crippen LogP contribution in [0.25, 0.3) is 0 Å². The fourth-order valence-corrected chi connectivity index (χ4v) is 3.60. The topological polar surface area (TPSA) is 83.5 Å². The maximum atomic E-state index is 12.3. The monoisotopic (exact) mass is 378 g/mol. The van der Waals surface area contributed by atoms with Gasteiger partial charge in [-0.15, -0.1) is 0 Å². The van der Waals surface area contributed by atoms with Crippen molar-refractivity contribution < 1.29 is 73.3 Å². The Balaban J connectivity index is 0.00000264. The third-order valence-corrected chi connectivity index (χ3v) is 5.07. The van der Waals surface area contributed by atoms with Crippen molar-refractivity contribution in [3.8, 4) is 5.75 Å². The van der Waals surface area contributed by atoms with E-state index in [1.54, 1.807) is 31.4 Å². The second kappa shape index (κ2) is 9.43. The quantitative estimate of drug-likeness (QED) is 0.478. The van der Waals surface area contributed by atoms with Crippen molar-refractivity contribution in [2.45, 2.75) is 16.4 Å². The molecule has 0 amide bonds. The van der Waals surface area contributed by atoms with E-state index >= 15 is 0 Å². The van der Waals surface area contributed by atoms with Gasteiger partial charge in [-0.1, -0.05) is 24.3 Å². The second-order valence-corrected chi connectivity index (χ2v) is 7.54. The Labute approximate surface area is 181 Å². The maximum Gasteiger partial charge on any atom is 1.00 e. The molecule has 118 valence electrons. The molecule has 2 aromatic rings. The number of hydrogen-bond acceptors (Lipinski definition) is 5. The number of hydrogen-bond donors (Lipinski definition) is 0. The first-order chi connectivity index (χ1) is 10.4. The van der Waals surface area contributed by atoms with Crippen LogP contribution in [-0.2, 0) is 32.4 Å². The zero-order valence-electron chi connectivity index (χ0n) is 12.9. The minimum Gasteiger partial charge on any atom is -0.748 e. The van der Waals surface area contributed by atoms with Gasteiger partial charge in [-0.2, -0.15) is 0 Å². The summed E-state index contributed by atoms with van der Waals surface area (Å²) in [5.74, 6) is 0.527. The molecular weight excluding hydrogens is 363 g/mol. The van der Waals surface area contributed by atoms with E-state index in [0.717, 1.165) is 11.3 Å². The van der Waals surface area contributed by atoms with Crippen LogP contribution in [0, 0.1) is 0 Å². The van der Waals surface area contributed by atoms with E-state index in [4.69, 9.17) is 4.74 Å². The van der Waals surface area contributed by atoms with Crippen LogP contribution < -0.4 is 56.1 Å². The smallest absolute Gasteiger partial charge is 0.748 e. The predicted molar refractivity (Wildman–Crippen MR) is 82.9 cm³/mol. The fraction of sp³-hybridized carbons (Fsp3) is 0.200. The van der Waals surface area contributed by atoms with Crippen molar-refractivity contribution >= 4 is 20.9 Å². The standard InChI is InChI=1S/C15H16O5S2.K/c1-20-14-6-2-12(3-7-14)10-21(16)15-8-4-13(5-9-15)11-22(17,18)19;/h2-9H,10-11H2,1H3,(H,17,18,19);/q;+1/p-1. The Kier molecular flexibility index (Phi) is 8.60. The summed E-state index contributed by atoms with van der Waals surface area (Å²) in [6.45, 7) is 0. The summed E-state index contributed by atoms with van der Waals surface area (Å²) in [4.78, 5) is 0.586. The van der Waals surface area contributed by atoms with Crippen LogP contribution in [0.15, 0.2) is 53.4 Å². The first kappa shape index (κ1) is 21.0. The van der Waals surface area contributed by atoms with Gasteiger partial charge in [0.1, 0.15) is 5.75 Å².